The predicted octanol–water partition coefficient (Wildman–Crippen LogP) is 7.63. The first-order valence-corrected chi connectivity index (χ1v) is 26.8. The molecule has 0 unspecified atom stereocenters. The summed E-state index contributed by atoms with van der Waals surface area (Å²) >= 11 is 6.52. The Kier molecular flexibility index (Phi) is 16.6. The molecule has 6 fully saturated rings. The third-order valence-electron chi connectivity index (χ3n) is 14.4. The van der Waals surface area contributed by atoms with Crippen LogP contribution in [-0.2, 0) is 57.6 Å². The molecular weight excluding hydrogens is 964 g/mol. The van der Waals surface area contributed by atoms with E-state index < -0.39 is 86.3 Å². The number of esters is 1. The lowest BCUT2D eigenvalue weighted by molar-refractivity contribution is -0.178. The van der Waals surface area contributed by atoms with E-state index in [1.165, 1.54) is 4.90 Å². The first kappa shape index (κ1) is 53.7. The van der Waals surface area contributed by atoms with Crippen LogP contribution < -0.4 is 14.2 Å². The number of pyridine rings is 1. The minimum absolute atomic E-state index is 0.0189. The van der Waals surface area contributed by atoms with Crippen LogP contribution in [-0.4, -0.2) is 108 Å². The summed E-state index contributed by atoms with van der Waals surface area (Å²) in [7, 11) is -4.41. The molecule has 1 aromatic heterocycles. The zero-order chi connectivity index (χ0) is 51.5. The lowest BCUT2D eigenvalue weighted by Gasteiger charge is -2.35. The average Bonchev–Trinajstić information content (AvgIpc) is 3.73. The van der Waals surface area contributed by atoms with E-state index in [4.69, 9.17) is 34.7 Å². The highest BCUT2D eigenvalue weighted by molar-refractivity contribution is 7.85. The van der Waals surface area contributed by atoms with Gasteiger partial charge in [-0.25, -0.2) is 18.7 Å². The molecule has 2 aliphatic heterocycles. The van der Waals surface area contributed by atoms with Crippen molar-refractivity contribution in [2.75, 3.05) is 13.2 Å². The van der Waals surface area contributed by atoms with Gasteiger partial charge in [0.1, 0.15) is 24.1 Å². The van der Waals surface area contributed by atoms with Gasteiger partial charge in [-0.05, 0) is 108 Å². The van der Waals surface area contributed by atoms with Gasteiger partial charge in [-0.1, -0.05) is 56.8 Å². The number of halogens is 1. The van der Waals surface area contributed by atoms with Crippen molar-refractivity contribution in [3.05, 3.63) is 29.3 Å². The summed E-state index contributed by atoms with van der Waals surface area (Å²) in [5.41, 5.74) is -2.33. The lowest BCUT2D eigenvalue weighted by Crippen LogP contribution is -2.48. The van der Waals surface area contributed by atoms with Crippen LogP contribution in [0.5, 0.6) is 11.6 Å². The second kappa shape index (κ2) is 22.0. The van der Waals surface area contributed by atoms with Crippen molar-refractivity contribution in [3.8, 4) is 11.6 Å². The van der Waals surface area contributed by atoms with Crippen LogP contribution in [0.25, 0.3) is 10.9 Å². The number of fused-ring (bicyclic) bond motifs is 1. The van der Waals surface area contributed by atoms with Crippen LogP contribution in [0.1, 0.15) is 151 Å². The monoisotopic (exact) mass is 1030 g/mol. The van der Waals surface area contributed by atoms with E-state index in [2.05, 4.69) is 14.5 Å². The van der Waals surface area contributed by atoms with Gasteiger partial charge in [0, 0.05) is 37.1 Å². The number of Topliss-reactive ketones (excluding diaryl/α,β-unsaturated/α-hetero) is 1. The zero-order valence-electron chi connectivity index (χ0n) is 41.5. The first-order valence-electron chi connectivity index (χ1n) is 25.0. The normalized spacial score (nSPS) is 24.5. The van der Waals surface area contributed by atoms with E-state index in [1.54, 1.807) is 25.1 Å². The van der Waals surface area contributed by atoms with Gasteiger partial charge in [0.25, 0.3) is 11.8 Å². The number of likely N-dealkylation sites (tertiary alicyclic amines) is 1. The molecule has 0 spiro atoms. The summed E-state index contributed by atoms with van der Waals surface area (Å²) in [6.45, 7) is 11.4. The van der Waals surface area contributed by atoms with Crippen LogP contribution in [0, 0.1) is 22.7 Å². The number of para-hydroxylation sites is 1. The largest absolute Gasteiger partial charge is 0.534 e. The number of benzene rings is 1. The zero-order valence-corrected chi connectivity index (χ0v) is 43.0. The Balaban J connectivity index is 0.000000391. The quantitative estimate of drug-likeness (QED) is 0.111. The molecule has 1 N–H and O–H groups in total. The molecule has 8 rings (SSSR count). The number of nitrogens with one attached hydrogen (secondary N) is 1. The predicted molar refractivity (Wildman–Crippen MR) is 256 cm³/mol. The molecule has 19 nitrogen and oxygen atoms in total. The third-order valence-corrected chi connectivity index (χ3v) is 15.8. The smallest absolute Gasteiger partial charge is 0.488 e. The number of carbonyl (C=O) groups excluding carboxylic acids is 7. The Morgan fingerprint density at radius 1 is 0.930 bits per heavy atom. The molecule has 2 aromatic rings. The van der Waals surface area contributed by atoms with E-state index in [-0.39, 0.29) is 56.8 Å². The Morgan fingerprint density at radius 2 is 1.56 bits per heavy atom. The van der Waals surface area contributed by atoms with E-state index in [1.807, 2.05) is 40.7 Å². The summed E-state index contributed by atoms with van der Waals surface area (Å²) in [6, 6.07) is 5.93. The summed E-state index contributed by atoms with van der Waals surface area (Å²) < 4.78 is 56.1. The standard InChI is InChI=1S/C40H54ClN3O10S.C10H13NO5/c1-7-24-21-40(24,37(48)43-55(49,50)54-39(6)16-17-39)22-31(45)30-18-26(52-32-20-33(51-8-2)42-35-27(32)14-11-15-29(35)41)23-44(30)36(47)28(38(3,4)5)19-34(46)53-25-12-9-10-13-25;12-8-5-6-9(13)11(8)16-10(14)15-7-3-1-2-4-7/h11,14-15,20,24-26,28,30H,7-10,12-13,16-19,21-23H2,1-6H3,(H,43,48);7H,1-6H2/t24-,26-,28-,30+,40-;/m1./s1. The van der Waals surface area contributed by atoms with Crippen molar-refractivity contribution < 1.29 is 69.9 Å². The van der Waals surface area contributed by atoms with E-state index >= 15 is 0 Å². The third kappa shape index (κ3) is 13.3. The van der Waals surface area contributed by atoms with Gasteiger partial charge in [-0.15, -0.1) is 0 Å². The van der Waals surface area contributed by atoms with Crippen molar-refractivity contribution in [3.63, 3.8) is 0 Å². The van der Waals surface area contributed by atoms with Crippen LogP contribution in [0.2, 0.25) is 5.02 Å². The summed E-state index contributed by atoms with van der Waals surface area (Å²) in [6.07, 6.45) is 7.12. The number of carbonyl (C=O) groups is 7. The highest BCUT2D eigenvalue weighted by Crippen LogP contribution is 2.58. The second-order valence-corrected chi connectivity index (χ2v) is 22.7. The topological polar surface area (TPSA) is 240 Å². The SMILES string of the molecule is CCOc1cc(O[C@@H]2C[C@@H](C(=O)C[C@]3(C(=O)NS(=O)(=O)OC4(C)CC4)C[C@H]3CC)N(C(=O)[C@@H](CC(=O)OC3CCCC3)C(C)(C)C)C2)c2cccc(Cl)c2n1.O=C(OC1CCCC1)ON1C(=O)CCC1=O. The molecule has 6 aliphatic rings. The fourth-order valence-electron chi connectivity index (χ4n) is 10.0. The number of aromatic nitrogens is 1. The van der Waals surface area contributed by atoms with E-state index in [9.17, 15) is 42.0 Å². The van der Waals surface area contributed by atoms with Crippen molar-refractivity contribution >= 4 is 74.3 Å². The Hall–Kier alpha value is -5.08. The number of hydroxylamine groups is 2. The molecule has 3 heterocycles. The minimum atomic E-state index is -4.41. The lowest BCUT2D eigenvalue weighted by atomic mass is 9.77. The highest BCUT2D eigenvalue weighted by atomic mass is 35.5. The molecule has 4 aliphatic carbocycles. The molecular formula is C50H67ClN4O15S. The van der Waals surface area contributed by atoms with Gasteiger partial charge in [-0.3, -0.25) is 33.6 Å². The second-order valence-electron chi connectivity index (χ2n) is 21.0. The molecule has 1 aromatic carbocycles. The van der Waals surface area contributed by atoms with Crippen LogP contribution in [0.15, 0.2) is 24.3 Å². The molecule has 21 heteroatoms. The van der Waals surface area contributed by atoms with E-state index in [0.29, 0.717) is 64.9 Å². The highest BCUT2D eigenvalue weighted by Gasteiger charge is 2.62. The maximum atomic E-state index is 14.7. The molecule has 0 radical (unpaired) electrons. The summed E-state index contributed by atoms with van der Waals surface area (Å²) in [5.74, 6) is -3.37. The fourth-order valence-corrected chi connectivity index (χ4v) is 11.4. The molecule has 4 amide bonds. The minimum Gasteiger partial charge on any atom is -0.488 e. The van der Waals surface area contributed by atoms with Gasteiger partial charge in [0.05, 0.1) is 53.1 Å². The van der Waals surface area contributed by atoms with Crippen molar-refractivity contribution in [2.45, 2.75) is 181 Å². The Labute approximate surface area is 419 Å². The molecule has 390 valence electrons. The van der Waals surface area contributed by atoms with Gasteiger partial charge in [0.2, 0.25) is 17.7 Å². The Morgan fingerprint density at radius 3 is 2.14 bits per heavy atom. The molecule has 0 bridgehead atoms. The van der Waals surface area contributed by atoms with Gasteiger partial charge in [-0.2, -0.15) is 8.42 Å². The van der Waals surface area contributed by atoms with Crippen molar-refractivity contribution in [2.24, 2.45) is 22.7 Å². The summed E-state index contributed by atoms with van der Waals surface area (Å²) in [4.78, 5) is 100. The number of imide groups is 1. The van der Waals surface area contributed by atoms with Crippen LogP contribution >= 0.6 is 11.6 Å². The number of rotatable bonds is 18. The number of hydrogen-bond donors (Lipinski definition) is 1. The van der Waals surface area contributed by atoms with Crippen molar-refractivity contribution in [1.82, 2.24) is 19.7 Å². The first-order chi connectivity index (χ1) is 33.5. The average molecular weight is 1030 g/mol. The fraction of sp³-hybridized carbons (Fsp3) is 0.680. The van der Waals surface area contributed by atoms with Crippen molar-refractivity contribution in [1.29, 1.82) is 0 Å². The Bertz CT molecular complexity index is 2470. The number of ether oxygens (including phenoxy) is 4. The number of ketones is 1. The van der Waals surface area contributed by atoms with Gasteiger partial charge >= 0.3 is 22.4 Å². The maximum Gasteiger partial charge on any atom is 0.534 e. The molecule has 71 heavy (non-hydrogen) atoms. The van der Waals surface area contributed by atoms with Crippen LogP contribution in [0.4, 0.5) is 4.79 Å². The van der Waals surface area contributed by atoms with E-state index in [0.717, 1.165) is 51.4 Å². The van der Waals surface area contributed by atoms with Crippen LogP contribution in [0.3, 0.4) is 0 Å². The number of amides is 4. The molecule has 4 saturated carbocycles. The van der Waals surface area contributed by atoms with Gasteiger partial charge < -0.3 is 23.8 Å². The maximum absolute atomic E-state index is 14.7. The summed E-state index contributed by atoms with van der Waals surface area (Å²) in [5, 5.41) is 1.51. The molecule has 5 atom stereocenters. The number of nitrogens with zero attached hydrogens (tertiary/aromatic N) is 3. The number of hydrogen-bond acceptors (Lipinski definition) is 16. The van der Waals surface area contributed by atoms with Gasteiger partial charge in [0.15, 0.2) is 5.78 Å². The molecule has 2 saturated heterocycles.